The van der Waals surface area contributed by atoms with Gasteiger partial charge in [-0.05, 0) is 39.3 Å². The summed E-state index contributed by atoms with van der Waals surface area (Å²) in [4.78, 5) is 35.0. The first-order valence-corrected chi connectivity index (χ1v) is 7.03. The number of hydrogen-bond donors (Lipinski definition) is 3. The third-order valence-electron chi connectivity index (χ3n) is 2.87. The fourth-order valence-electron chi connectivity index (χ4n) is 1.89. The average molecular weight is 306 g/mol. The minimum absolute atomic E-state index is 0.0875. The Morgan fingerprint density at radius 1 is 1.18 bits per heavy atom. The molecular weight excluding hydrogens is 284 g/mol. The number of rotatable bonds is 5. The largest absolute Gasteiger partial charge is 0.478 e. The quantitative estimate of drug-likeness (QED) is 0.765. The summed E-state index contributed by atoms with van der Waals surface area (Å²) in [5.74, 6) is -1.76. The topological polar surface area (TPSA) is 95.5 Å². The number of carbonyl (C=O) groups excluding carboxylic acids is 2. The fourth-order valence-corrected chi connectivity index (χ4v) is 1.89. The second-order valence-electron chi connectivity index (χ2n) is 6.17. The van der Waals surface area contributed by atoms with Gasteiger partial charge in [-0.1, -0.05) is 18.2 Å². The molecule has 0 bridgehead atoms. The van der Waals surface area contributed by atoms with E-state index < -0.39 is 17.9 Å². The Labute approximate surface area is 129 Å². The normalized spacial score (nSPS) is 12.4. The SMILES string of the molecule is CC(NC(=O)Cc1ccccc1C(=O)O)C(=O)NC(C)(C)C. The highest BCUT2D eigenvalue weighted by Crippen LogP contribution is 2.09. The van der Waals surface area contributed by atoms with Crippen LogP contribution in [0.2, 0.25) is 0 Å². The van der Waals surface area contributed by atoms with Crippen LogP contribution in [0.5, 0.6) is 0 Å². The van der Waals surface area contributed by atoms with Gasteiger partial charge in [0.2, 0.25) is 11.8 Å². The predicted octanol–water partition coefficient (Wildman–Crippen LogP) is 1.35. The van der Waals surface area contributed by atoms with Gasteiger partial charge in [0.1, 0.15) is 6.04 Å². The summed E-state index contributed by atoms with van der Waals surface area (Å²) in [5, 5.41) is 14.4. The maximum Gasteiger partial charge on any atom is 0.335 e. The van der Waals surface area contributed by atoms with E-state index in [1.165, 1.54) is 6.07 Å². The van der Waals surface area contributed by atoms with Crippen molar-refractivity contribution in [3.63, 3.8) is 0 Å². The number of hydrogen-bond acceptors (Lipinski definition) is 3. The fraction of sp³-hybridized carbons (Fsp3) is 0.438. The van der Waals surface area contributed by atoms with Crippen molar-refractivity contribution >= 4 is 17.8 Å². The number of amides is 2. The summed E-state index contributed by atoms with van der Waals surface area (Å²) < 4.78 is 0. The smallest absolute Gasteiger partial charge is 0.335 e. The molecule has 0 aliphatic heterocycles. The Kier molecular flexibility index (Phi) is 5.68. The van der Waals surface area contributed by atoms with Gasteiger partial charge in [0, 0.05) is 5.54 Å². The molecule has 0 saturated carbocycles. The van der Waals surface area contributed by atoms with Crippen LogP contribution in [-0.2, 0) is 16.0 Å². The molecule has 6 heteroatoms. The number of aromatic carboxylic acids is 1. The van der Waals surface area contributed by atoms with E-state index in [9.17, 15) is 14.4 Å². The lowest BCUT2D eigenvalue weighted by Gasteiger charge is -2.23. The summed E-state index contributed by atoms with van der Waals surface area (Å²) in [7, 11) is 0. The van der Waals surface area contributed by atoms with Crippen molar-refractivity contribution in [3.05, 3.63) is 35.4 Å². The first-order valence-electron chi connectivity index (χ1n) is 7.03. The number of carbonyl (C=O) groups is 3. The molecule has 6 nitrogen and oxygen atoms in total. The Bertz CT molecular complexity index is 576. The van der Waals surface area contributed by atoms with Gasteiger partial charge in [-0.15, -0.1) is 0 Å². The summed E-state index contributed by atoms with van der Waals surface area (Å²) >= 11 is 0. The highest BCUT2D eigenvalue weighted by Gasteiger charge is 2.21. The van der Waals surface area contributed by atoms with Crippen LogP contribution in [0.1, 0.15) is 43.6 Å². The maximum atomic E-state index is 12.0. The second-order valence-corrected chi connectivity index (χ2v) is 6.17. The van der Waals surface area contributed by atoms with Crippen molar-refractivity contribution in [1.29, 1.82) is 0 Å². The summed E-state index contributed by atoms with van der Waals surface area (Å²) in [5.41, 5.74) is 0.117. The standard InChI is InChI=1S/C16H22N2O4/c1-10(14(20)18-16(2,3)4)17-13(19)9-11-7-5-6-8-12(11)15(21)22/h5-8,10H,9H2,1-4H3,(H,17,19)(H,18,20)(H,21,22). The Morgan fingerprint density at radius 2 is 1.77 bits per heavy atom. The first kappa shape index (κ1) is 17.7. The third-order valence-corrected chi connectivity index (χ3v) is 2.87. The molecule has 1 aromatic carbocycles. The molecule has 0 aliphatic carbocycles. The van der Waals surface area contributed by atoms with Crippen LogP contribution in [0, 0.1) is 0 Å². The van der Waals surface area contributed by atoms with Crippen molar-refractivity contribution in [3.8, 4) is 0 Å². The van der Waals surface area contributed by atoms with Crippen LogP contribution in [0.25, 0.3) is 0 Å². The number of carboxylic acid groups (broad SMARTS) is 1. The van der Waals surface area contributed by atoms with Crippen molar-refractivity contribution < 1.29 is 19.5 Å². The Balaban J connectivity index is 2.67. The van der Waals surface area contributed by atoms with Crippen LogP contribution >= 0.6 is 0 Å². The van der Waals surface area contributed by atoms with Crippen molar-refractivity contribution in [2.24, 2.45) is 0 Å². The van der Waals surface area contributed by atoms with E-state index in [1.54, 1.807) is 25.1 Å². The van der Waals surface area contributed by atoms with Crippen LogP contribution in [-0.4, -0.2) is 34.5 Å². The van der Waals surface area contributed by atoms with Gasteiger partial charge in [0.05, 0.1) is 12.0 Å². The van der Waals surface area contributed by atoms with E-state index in [0.29, 0.717) is 5.56 Å². The molecule has 0 aliphatic rings. The third kappa shape index (κ3) is 5.55. The lowest BCUT2D eigenvalue weighted by atomic mass is 10.0. The molecule has 2 amide bonds. The van der Waals surface area contributed by atoms with E-state index in [-0.39, 0.29) is 23.4 Å². The van der Waals surface area contributed by atoms with Crippen LogP contribution < -0.4 is 10.6 Å². The molecule has 1 unspecified atom stereocenters. The molecular formula is C16H22N2O4. The van der Waals surface area contributed by atoms with Gasteiger partial charge in [0.15, 0.2) is 0 Å². The van der Waals surface area contributed by atoms with E-state index in [0.717, 1.165) is 0 Å². The Morgan fingerprint density at radius 3 is 2.32 bits per heavy atom. The lowest BCUT2D eigenvalue weighted by molar-refractivity contribution is -0.129. The molecule has 1 rings (SSSR count). The summed E-state index contributed by atoms with van der Waals surface area (Å²) in [6.07, 6.45) is -0.0877. The molecule has 3 N–H and O–H groups in total. The monoisotopic (exact) mass is 306 g/mol. The van der Waals surface area contributed by atoms with E-state index in [1.807, 2.05) is 20.8 Å². The molecule has 0 saturated heterocycles. The molecule has 1 atom stereocenters. The number of carboxylic acids is 1. The number of benzene rings is 1. The maximum absolute atomic E-state index is 12.0. The highest BCUT2D eigenvalue weighted by molar-refractivity contribution is 5.93. The Hall–Kier alpha value is -2.37. The van der Waals surface area contributed by atoms with E-state index >= 15 is 0 Å². The lowest BCUT2D eigenvalue weighted by Crippen LogP contribution is -2.51. The molecule has 120 valence electrons. The average Bonchev–Trinajstić information content (AvgIpc) is 2.36. The van der Waals surface area contributed by atoms with E-state index in [2.05, 4.69) is 10.6 Å². The van der Waals surface area contributed by atoms with Crippen LogP contribution in [0.4, 0.5) is 0 Å². The van der Waals surface area contributed by atoms with Gasteiger partial charge < -0.3 is 15.7 Å². The zero-order chi connectivity index (χ0) is 16.9. The van der Waals surface area contributed by atoms with Gasteiger partial charge in [-0.3, -0.25) is 9.59 Å². The number of nitrogens with one attached hydrogen (secondary N) is 2. The molecule has 1 aromatic rings. The highest BCUT2D eigenvalue weighted by atomic mass is 16.4. The zero-order valence-corrected chi connectivity index (χ0v) is 13.3. The second kappa shape index (κ2) is 7.06. The molecule has 0 aromatic heterocycles. The van der Waals surface area contributed by atoms with Crippen molar-refractivity contribution in [2.75, 3.05) is 0 Å². The molecule has 0 fully saturated rings. The minimum Gasteiger partial charge on any atom is -0.478 e. The predicted molar refractivity (Wildman–Crippen MR) is 82.6 cm³/mol. The molecule has 22 heavy (non-hydrogen) atoms. The first-order chi connectivity index (χ1) is 10.1. The summed E-state index contributed by atoms with van der Waals surface area (Å²) in [6.45, 7) is 7.13. The molecule has 0 radical (unpaired) electrons. The van der Waals surface area contributed by atoms with Crippen LogP contribution in [0.3, 0.4) is 0 Å². The van der Waals surface area contributed by atoms with Gasteiger partial charge >= 0.3 is 5.97 Å². The molecule has 0 spiro atoms. The van der Waals surface area contributed by atoms with Gasteiger partial charge in [0.25, 0.3) is 0 Å². The van der Waals surface area contributed by atoms with E-state index in [4.69, 9.17) is 5.11 Å². The van der Waals surface area contributed by atoms with Crippen molar-refractivity contribution in [1.82, 2.24) is 10.6 Å². The van der Waals surface area contributed by atoms with Crippen LogP contribution in [0.15, 0.2) is 24.3 Å². The molecule has 0 heterocycles. The minimum atomic E-state index is -1.08. The van der Waals surface area contributed by atoms with Gasteiger partial charge in [-0.2, -0.15) is 0 Å². The van der Waals surface area contributed by atoms with Gasteiger partial charge in [-0.25, -0.2) is 4.79 Å². The zero-order valence-electron chi connectivity index (χ0n) is 13.3. The van der Waals surface area contributed by atoms with Crippen molar-refractivity contribution in [2.45, 2.75) is 45.7 Å². The summed E-state index contributed by atoms with van der Waals surface area (Å²) in [6, 6.07) is 5.61.